The van der Waals surface area contributed by atoms with Gasteiger partial charge < -0.3 is 10.5 Å². The van der Waals surface area contributed by atoms with E-state index in [-0.39, 0.29) is 17.6 Å². The number of hydrogen-bond donors (Lipinski definition) is 1. The molecule has 2 atom stereocenters. The first-order chi connectivity index (χ1) is 7.71. The van der Waals surface area contributed by atoms with Crippen molar-refractivity contribution in [2.24, 2.45) is 11.1 Å². The fraction of sp³-hybridized carbons (Fsp3) is 0.538. The highest BCUT2D eigenvalue weighted by atomic mass is 79.9. The van der Waals surface area contributed by atoms with Crippen molar-refractivity contribution in [3.05, 3.63) is 27.7 Å². The summed E-state index contributed by atoms with van der Waals surface area (Å²) in [4.78, 5) is 0. The van der Waals surface area contributed by atoms with Gasteiger partial charge in [0.05, 0.1) is 5.02 Å². The molecule has 0 bridgehead atoms. The summed E-state index contributed by atoms with van der Waals surface area (Å²) in [6, 6.07) is 5.52. The Balaban J connectivity index is 2.94. The second-order valence-electron chi connectivity index (χ2n) is 5.34. The van der Waals surface area contributed by atoms with Gasteiger partial charge in [-0.2, -0.15) is 0 Å². The van der Waals surface area contributed by atoms with E-state index in [1.54, 1.807) is 0 Å². The first-order valence-electron chi connectivity index (χ1n) is 5.59. The Morgan fingerprint density at radius 3 is 2.35 bits per heavy atom. The van der Waals surface area contributed by atoms with E-state index in [2.05, 4.69) is 36.7 Å². The second kappa shape index (κ2) is 5.59. The van der Waals surface area contributed by atoms with Crippen LogP contribution in [-0.2, 0) is 0 Å². The molecule has 1 rings (SSSR count). The van der Waals surface area contributed by atoms with Crippen LogP contribution in [0.25, 0.3) is 0 Å². The van der Waals surface area contributed by atoms with Gasteiger partial charge in [-0.25, -0.2) is 0 Å². The van der Waals surface area contributed by atoms with E-state index in [1.165, 1.54) is 0 Å². The zero-order valence-corrected chi connectivity index (χ0v) is 13.0. The van der Waals surface area contributed by atoms with E-state index in [9.17, 15) is 0 Å². The normalized spacial score (nSPS) is 15.5. The highest BCUT2D eigenvalue weighted by molar-refractivity contribution is 9.10. The van der Waals surface area contributed by atoms with Crippen LogP contribution >= 0.6 is 27.5 Å². The smallest absolute Gasteiger partial charge is 0.138 e. The Labute approximate surface area is 117 Å². The number of ether oxygens (including phenoxy) is 1. The van der Waals surface area contributed by atoms with Crippen LogP contribution in [0.5, 0.6) is 5.75 Å². The third kappa shape index (κ3) is 4.16. The van der Waals surface area contributed by atoms with Crippen molar-refractivity contribution in [3.63, 3.8) is 0 Å². The quantitative estimate of drug-likeness (QED) is 0.904. The molecule has 96 valence electrons. The van der Waals surface area contributed by atoms with E-state index < -0.39 is 0 Å². The van der Waals surface area contributed by atoms with Crippen molar-refractivity contribution < 1.29 is 4.74 Å². The van der Waals surface area contributed by atoms with Crippen LogP contribution in [-0.4, -0.2) is 12.1 Å². The molecule has 0 aliphatic heterocycles. The maximum atomic E-state index is 6.13. The van der Waals surface area contributed by atoms with Gasteiger partial charge in [0.25, 0.3) is 0 Å². The molecule has 0 saturated heterocycles. The third-order valence-corrected chi connectivity index (χ3v) is 3.27. The van der Waals surface area contributed by atoms with Crippen LogP contribution in [0.15, 0.2) is 22.7 Å². The molecular weight excluding hydrogens is 302 g/mol. The van der Waals surface area contributed by atoms with Crippen molar-refractivity contribution in [2.45, 2.75) is 39.8 Å². The molecule has 0 radical (unpaired) electrons. The predicted octanol–water partition coefficient (Wildman–Crippen LogP) is 4.24. The average Bonchev–Trinajstić information content (AvgIpc) is 2.13. The number of benzene rings is 1. The topological polar surface area (TPSA) is 35.2 Å². The van der Waals surface area contributed by atoms with Gasteiger partial charge >= 0.3 is 0 Å². The van der Waals surface area contributed by atoms with Crippen LogP contribution in [0.4, 0.5) is 0 Å². The lowest BCUT2D eigenvalue weighted by molar-refractivity contribution is 0.0685. The molecule has 1 aromatic rings. The molecule has 1 aromatic carbocycles. The van der Waals surface area contributed by atoms with Crippen molar-refractivity contribution in [1.82, 2.24) is 0 Å². The number of hydrogen-bond acceptors (Lipinski definition) is 2. The summed E-state index contributed by atoms with van der Waals surface area (Å²) in [6.07, 6.45) is -0.0822. The Morgan fingerprint density at radius 2 is 1.94 bits per heavy atom. The highest BCUT2D eigenvalue weighted by Gasteiger charge is 2.30. The molecule has 2 nitrogen and oxygen atoms in total. The summed E-state index contributed by atoms with van der Waals surface area (Å²) in [5, 5.41) is 0.592. The van der Waals surface area contributed by atoms with Crippen LogP contribution in [0.3, 0.4) is 0 Å². The number of halogens is 2. The molecule has 0 saturated carbocycles. The SMILES string of the molecule is CC(N)C(Oc1ccc(Br)cc1Cl)C(C)(C)C. The third-order valence-electron chi connectivity index (χ3n) is 2.48. The highest BCUT2D eigenvalue weighted by Crippen LogP contribution is 2.32. The van der Waals surface area contributed by atoms with Crippen LogP contribution in [0.2, 0.25) is 5.02 Å². The van der Waals surface area contributed by atoms with E-state index in [1.807, 2.05) is 25.1 Å². The van der Waals surface area contributed by atoms with Gasteiger partial charge in [0.2, 0.25) is 0 Å². The molecule has 0 aliphatic rings. The minimum atomic E-state index is -0.0822. The summed E-state index contributed by atoms with van der Waals surface area (Å²) in [5.41, 5.74) is 5.94. The monoisotopic (exact) mass is 319 g/mol. The zero-order valence-electron chi connectivity index (χ0n) is 10.6. The standard InChI is InChI=1S/C13H19BrClNO/c1-8(16)12(13(2,3)4)17-11-6-5-9(14)7-10(11)15/h5-8,12H,16H2,1-4H3. The molecule has 4 heteroatoms. The van der Waals surface area contributed by atoms with Crippen LogP contribution in [0.1, 0.15) is 27.7 Å². The van der Waals surface area contributed by atoms with Gasteiger partial charge in [0.1, 0.15) is 11.9 Å². The molecule has 0 heterocycles. The molecule has 0 aliphatic carbocycles. The molecule has 0 spiro atoms. The van der Waals surface area contributed by atoms with Gasteiger partial charge in [-0.15, -0.1) is 0 Å². The minimum absolute atomic E-state index is 0.0371. The van der Waals surface area contributed by atoms with Crippen molar-refractivity contribution >= 4 is 27.5 Å². The second-order valence-corrected chi connectivity index (χ2v) is 6.66. The lowest BCUT2D eigenvalue weighted by Crippen LogP contribution is -2.45. The Morgan fingerprint density at radius 1 is 1.35 bits per heavy atom. The van der Waals surface area contributed by atoms with E-state index >= 15 is 0 Å². The Hall–Kier alpha value is -0.250. The van der Waals surface area contributed by atoms with Crippen molar-refractivity contribution in [3.8, 4) is 5.75 Å². The first-order valence-corrected chi connectivity index (χ1v) is 6.76. The molecule has 2 unspecified atom stereocenters. The summed E-state index contributed by atoms with van der Waals surface area (Å²) in [6.45, 7) is 8.26. The Kier molecular flexibility index (Phi) is 4.87. The largest absolute Gasteiger partial charge is 0.487 e. The predicted molar refractivity (Wildman–Crippen MR) is 76.7 cm³/mol. The summed E-state index contributed by atoms with van der Waals surface area (Å²) >= 11 is 9.50. The summed E-state index contributed by atoms with van der Waals surface area (Å²) in [5.74, 6) is 0.673. The van der Waals surface area contributed by atoms with E-state index in [0.717, 1.165) is 4.47 Å². The minimum Gasteiger partial charge on any atom is -0.487 e. The molecule has 0 fully saturated rings. The summed E-state index contributed by atoms with van der Waals surface area (Å²) < 4.78 is 6.88. The molecule has 0 amide bonds. The molecule has 0 aromatic heterocycles. The fourth-order valence-electron chi connectivity index (χ4n) is 1.78. The van der Waals surface area contributed by atoms with Gasteiger partial charge in [-0.1, -0.05) is 48.3 Å². The van der Waals surface area contributed by atoms with Crippen molar-refractivity contribution in [1.29, 1.82) is 0 Å². The maximum Gasteiger partial charge on any atom is 0.138 e. The maximum absolute atomic E-state index is 6.13. The fourth-order valence-corrected chi connectivity index (χ4v) is 2.50. The van der Waals surface area contributed by atoms with Crippen LogP contribution < -0.4 is 10.5 Å². The molecule has 17 heavy (non-hydrogen) atoms. The summed E-state index contributed by atoms with van der Waals surface area (Å²) in [7, 11) is 0. The van der Waals surface area contributed by atoms with E-state index in [4.69, 9.17) is 22.1 Å². The Bertz CT molecular complexity index is 387. The number of nitrogens with two attached hydrogens (primary N) is 1. The van der Waals surface area contributed by atoms with Gasteiger partial charge in [-0.05, 0) is 25.1 Å². The van der Waals surface area contributed by atoms with Gasteiger partial charge in [0, 0.05) is 15.9 Å². The first kappa shape index (κ1) is 14.8. The lowest BCUT2D eigenvalue weighted by Gasteiger charge is -2.34. The molecule has 2 N–H and O–H groups in total. The van der Waals surface area contributed by atoms with Gasteiger partial charge in [0.15, 0.2) is 0 Å². The van der Waals surface area contributed by atoms with Crippen LogP contribution in [0, 0.1) is 5.41 Å². The average molecular weight is 321 g/mol. The molecular formula is C13H19BrClNO. The zero-order chi connectivity index (χ0) is 13.2. The van der Waals surface area contributed by atoms with Gasteiger partial charge in [-0.3, -0.25) is 0 Å². The van der Waals surface area contributed by atoms with E-state index in [0.29, 0.717) is 10.8 Å². The number of rotatable bonds is 3. The van der Waals surface area contributed by atoms with Crippen molar-refractivity contribution in [2.75, 3.05) is 0 Å². The lowest BCUT2D eigenvalue weighted by atomic mass is 9.85.